The molecule has 7 heterocycles. The molecule has 61 heavy (non-hydrogen) atoms. The van der Waals surface area contributed by atoms with E-state index in [0.29, 0.717) is 73.9 Å². The van der Waals surface area contributed by atoms with Crippen molar-refractivity contribution in [2.75, 3.05) is 31.1 Å². The number of aliphatic hydroxyl groups excluding tert-OH is 1. The van der Waals surface area contributed by atoms with Crippen LogP contribution < -0.4 is 10.2 Å². The van der Waals surface area contributed by atoms with Gasteiger partial charge in [-0.15, -0.1) is 21.5 Å². The fourth-order valence-electron chi connectivity index (χ4n) is 9.08. The molecule has 0 unspecified atom stereocenters. The number of β-amino-alcohol motifs (C(OH)–C–C–N with tert-alkyl or cyclic N) is 1. The van der Waals surface area contributed by atoms with Gasteiger partial charge in [0.05, 0.1) is 27.9 Å². The molecule has 9 rings (SSSR count). The summed E-state index contributed by atoms with van der Waals surface area (Å²) in [7, 11) is 0. The predicted octanol–water partition coefficient (Wildman–Crippen LogP) is 5.57. The number of aromatic amines is 1. The SMILES string of the molecule is Cc1ncsc1-c1ccc(CNC(=O)[C@@H]2C[C@@H](O)CN2C(=O)[C@@H](c2cc(N3CCC(C(=O)N4CCc5[nH]c6nnc(-c7ccccc7O)cc6c5C4)CC3)no2)C(C)C)cc1. The zero-order chi connectivity index (χ0) is 42.4. The Morgan fingerprint density at radius 1 is 1.03 bits per heavy atom. The molecule has 15 nitrogen and oxygen atoms in total. The van der Waals surface area contributed by atoms with Crippen molar-refractivity contribution in [2.45, 2.75) is 77.6 Å². The highest BCUT2D eigenvalue weighted by Gasteiger charge is 2.43. The Morgan fingerprint density at radius 2 is 1.82 bits per heavy atom. The van der Waals surface area contributed by atoms with E-state index < -0.39 is 18.1 Å². The second-order valence-electron chi connectivity index (χ2n) is 16.7. The Kier molecular flexibility index (Phi) is 11.0. The summed E-state index contributed by atoms with van der Waals surface area (Å²) in [5, 5.41) is 38.1. The van der Waals surface area contributed by atoms with E-state index in [2.05, 4.69) is 35.5 Å². The summed E-state index contributed by atoms with van der Waals surface area (Å²) >= 11 is 1.59. The van der Waals surface area contributed by atoms with E-state index in [-0.39, 0.29) is 54.8 Å². The number of nitrogens with one attached hydrogen (secondary N) is 2. The number of amides is 3. The fraction of sp³-hybridized carbons (Fsp3) is 0.400. The van der Waals surface area contributed by atoms with Gasteiger partial charge in [0.25, 0.3) is 0 Å². The van der Waals surface area contributed by atoms with E-state index in [1.165, 1.54) is 4.90 Å². The number of likely N-dealkylation sites (tertiary alicyclic amines) is 1. The normalized spacial score (nSPS) is 18.8. The molecule has 3 amide bonds. The third-order valence-electron chi connectivity index (χ3n) is 12.4. The van der Waals surface area contributed by atoms with Crippen molar-refractivity contribution in [3.8, 4) is 27.4 Å². The first-order valence-corrected chi connectivity index (χ1v) is 21.8. The molecule has 316 valence electrons. The van der Waals surface area contributed by atoms with Gasteiger partial charge in [-0.1, -0.05) is 55.4 Å². The standard InChI is InChI=1S/C45H49N9O6S/c1-25(2)40(45(59)54-22-30(55)18-36(54)43(57)46-21-27-8-10-28(11-9-27)41-26(3)47-24-61-41)38-20-39(51-60-38)52-15-12-29(13-16-52)44(58)53-17-14-34-33(23-53)32-19-35(49-50-42(32)48-34)31-6-4-5-7-37(31)56/h4-11,19-20,24-25,29-30,36,40,55-56H,12-18,21-23H2,1-3H3,(H,46,57)(H,48,50)/t30-,36+,40-/m1/s1. The maximum Gasteiger partial charge on any atom is 0.243 e. The van der Waals surface area contributed by atoms with Gasteiger partial charge in [0.1, 0.15) is 17.7 Å². The molecule has 16 heteroatoms. The minimum absolute atomic E-state index is 0.0532. The number of fused-ring (bicyclic) bond motifs is 3. The lowest BCUT2D eigenvalue weighted by Crippen LogP contribution is -2.48. The van der Waals surface area contributed by atoms with Crippen molar-refractivity contribution in [3.05, 3.63) is 94.4 Å². The van der Waals surface area contributed by atoms with Crippen LogP contribution in [0.25, 0.3) is 32.7 Å². The number of anilines is 1. The van der Waals surface area contributed by atoms with E-state index in [1.807, 2.05) is 67.6 Å². The van der Waals surface area contributed by atoms with Gasteiger partial charge < -0.3 is 39.7 Å². The third-order valence-corrected chi connectivity index (χ3v) is 13.4. The van der Waals surface area contributed by atoms with Gasteiger partial charge in [0.2, 0.25) is 17.7 Å². The number of aromatic nitrogens is 5. The highest BCUT2D eigenvalue weighted by molar-refractivity contribution is 7.13. The average Bonchev–Trinajstić information content (AvgIpc) is 4.09. The van der Waals surface area contributed by atoms with E-state index in [9.17, 15) is 24.6 Å². The number of hydrogen-bond acceptors (Lipinski definition) is 12. The summed E-state index contributed by atoms with van der Waals surface area (Å²) in [5.41, 5.74) is 8.71. The number of thiazole rings is 1. The second-order valence-corrected chi connectivity index (χ2v) is 17.6. The number of aliphatic hydroxyl groups is 1. The van der Waals surface area contributed by atoms with Crippen LogP contribution in [0.4, 0.5) is 5.82 Å². The van der Waals surface area contributed by atoms with E-state index in [1.54, 1.807) is 35.6 Å². The lowest BCUT2D eigenvalue weighted by Gasteiger charge is -2.35. The molecular formula is C45H49N9O6S. The monoisotopic (exact) mass is 843 g/mol. The summed E-state index contributed by atoms with van der Waals surface area (Å²) < 4.78 is 5.86. The van der Waals surface area contributed by atoms with Crippen molar-refractivity contribution in [2.24, 2.45) is 11.8 Å². The largest absolute Gasteiger partial charge is 0.507 e. The van der Waals surface area contributed by atoms with Gasteiger partial charge in [-0.05, 0) is 55.0 Å². The van der Waals surface area contributed by atoms with E-state index in [4.69, 9.17) is 4.52 Å². The first-order valence-electron chi connectivity index (χ1n) is 20.9. The van der Waals surface area contributed by atoms with Crippen LogP contribution in [0.5, 0.6) is 5.75 Å². The number of hydrogen-bond donors (Lipinski definition) is 4. The van der Waals surface area contributed by atoms with Crippen LogP contribution in [0.1, 0.15) is 67.3 Å². The van der Waals surface area contributed by atoms with E-state index in [0.717, 1.165) is 38.3 Å². The molecule has 6 aromatic rings. The molecule has 3 aliphatic heterocycles. The van der Waals surface area contributed by atoms with Crippen molar-refractivity contribution < 1.29 is 29.1 Å². The molecule has 4 aromatic heterocycles. The van der Waals surface area contributed by atoms with Crippen molar-refractivity contribution in [3.63, 3.8) is 0 Å². The highest BCUT2D eigenvalue weighted by atomic mass is 32.1. The van der Waals surface area contributed by atoms with Crippen LogP contribution in [-0.4, -0.2) is 101 Å². The Labute approximate surface area is 356 Å². The number of rotatable bonds is 10. The second kappa shape index (κ2) is 16.7. The summed E-state index contributed by atoms with van der Waals surface area (Å²) in [6.45, 7) is 8.46. The number of piperidine rings is 1. The molecule has 0 bridgehead atoms. The molecule has 3 atom stereocenters. The summed E-state index contributed by atoms with van der Waals surface area (Å²) in [4.78, 5) is 56.1. The van der Waals surface area contributed by atoms with Crippen molar-refractivity contribution in [1.82, 2.24) is 40.4 Å². The van der Waals surface area contributed by atoms with Gasteiger partial charge in [-0.25, -0.2) is 4.98 Å². The Bertz CT molecular complexity index is 2580. The molecule has 0 spiro atoms. The third kappa shape index (κ3) is 7.97. The van der Waals surface area contributed by atoms with Crippen LogP contribution in [0, 0.1) is 18.8 Å². The van der Waals surface area contributed by atoms with Crippen molar-refractivity contribution >= 4 is 45.9 Å². The van der Waals surface area contributed by atoms with Gasteiger partial charge in [-0.2, -0.15) is 0 Å². The molecule has 2 fully saturated rings. The average molecular weight is 844 g/mol. The van der Waals surface area contributed by atoms with Crippen LogP contribution in [0.15, 0.2) is 70.7 Å². The van der Waals surface area contributed by atoms with Crippen LogP contribution in [0.2, 0.25) is 0 Å². The smallest absolute Gasteiger partial charge is 0.243 e. The first kappa shape index (κ1) is 40.3. The van der Waals surface area contributed by atoms with Gasteiger partial charge >= 0.3 is 0 Å². The highest BCUT2D eigenvalue weighted by Crippen LogP contribution is 2.36. The number of carbonyl (C=O) groups excluding carboxylic acids is 3. The van der Waals surface area contributed by atoms with Gasteiger partial charge in [0.15, 0.2) is 17.2 Å². The molecule has 0 radical (unpaired) electrons. The molecule has 4 N–H and O–H groups in total. The lowest BCUT2D eigenvalue weighted by atomic mass is 9.91. The van der Waals surface area contributed by atoms with Crippen molar-refractivity contribution in [1.29, 1.82) is 0 Å². The number of phenolic OH excluding ortho intramolecular Hbond substituents is 1. The summed E-state index contributed by atoms with van der Waals surface area (Å²) in [6, 6.07) is 17.9. The first-order chi connectivity index (χ1) is 29.5. The Balaban J connectivity index is 0.814. The quantitative estimate of drug-likeness (QED) is 0.135. The molecule has 3 aliphatic rings. The minimum atomic E-state index is -0.824. The summed E-state index contributed by atoms with van der Waals surface area (Å²) in [5.74, 6) is -0.365. The van der Waals surface area contributed by atoms with E-state index >= 15 is 0 Å². The fourth-order valence-corrected chi connectivity index (χ4v) is 9.90. The number of H-pyrrole nitrogens is 1. The Morgan fingerprint density at radius 3 is 2.56 bits per heavy atom. The number of phenols is 1. The maximum atomic E-state index is 14.2. The maximum absolute atomic E-state index is 14.2. The zero-order valence-corrected chi connectivity index (χ0v) is 35.2. The number of para-hydroxylation sites is 1. The number of carbonyl (C=O) groups is 3. The van der Waals surface area contributed by atoms with Crippen LogP contribution in [-0.2, 0) is 33.9 Å². The molecular weight excluding hydrogens is 795 g/mol. The molecule has 0 saturated carbocycles. The molecule has 2 saturated heterocycles. The predicted molar refractivity (Wildman–Crippen MR) is 229 cm³/mol. The van der Waals surface area contributed by atoms with Crippen LogP contribution in [0.3, 0.4) is 0 Å². The lowest BCUT2D eigenvalue weighted by molar-refractivity contribution is -0.141. The molecule has 2 aromatic carbocycles. The Hall–Kier alpha value is -6.13. The zero-order valence-electron chi connectivity index (χ0n) is 34.4. The number of aromatic hydroxyl groups is 1. The van der Waals surface area contributed by atoms with Crippen LogP contribution >= 0.6 is 11.3 Å². The topological polar surface area (TPSA) is 194 Å². The molecule has 0 aliphatic carbocycles. The summed E-state index contributed by atoms with van der Waals surface area (Å²) in [6.07, 6.45) is 1.30. The number of benzene rings is 2. The van der Waals surface area contributed by atoms with Gasteiger partial charge in [0, 0.05) is 86.3 Å². The number of nitrogens with zero attached hydrogens (tertiary/aromatic N) is 7. The minimum Gasteiger partial charge on any atom is -0.507 e. The number of aryl methyl sites for hydroxylation is 1. The van der Waals surface area contributed by atoms with Gasteiger partial charge in [-0.3, -0.25) is 14.4 Å².